The molecule has 27 heavy (non-hydrogen) atoms. The minimum atomic E-state index is -4.50. The molecule has 0 radical (unpaired) electrons. The maximum absolute atomic E-state index is 12.7. The Morgan fingerprint density at radius 2 is 1.89 bits per heavy atom. The van der Waals surface area contributed by atoms with Crippen molar-refractivity contribution in [1.29, 1.82) is 0 Å². The number of methoxy groups -OCH3 is 1. The number of carbonyl (C=O) groups excluding carboxylic acids is 3. The van der Waals surface area contributed by atoms with E-state index in [1.165, 1.54) is 25.8 Å². The van der Waals surface area contributed by atoms with E-state index in [-0.39, 0.29) is 10.7 Å². The lowest BCUT2D eigenvalue weighted by atomic mass is 10.1. The van der Waals surface area contributed by atoms with E-state index in [9.17, 15) is 22.8 Å². The summed E-state index contributed by atoms with van der Waals surface area (Å²) in [5.74, 6) is -0.966. The van der Waals surface area contributed by atoms with Crippen LogP contribution >= 0.6 is 11.8 Å². The fourth-order valence-electron chi connectivity index (χ4n) is 2.34. The van der Waals surface area contributed by atoms with E-state index in [0.717, 1.165) is 0 Å². The summed E-state index contributed by atoms with van der Waals surface area (Å²) in [6.07, 6.45) is -0.271. The number of ether oxygens (including phenoxy) is 2. The van der Waals surface area contributed by atoms with Gasteiger partial charge in [-0.25, -0.2) is 13.8 Å². The summed E-state index contributed by atoms with van der Waals surface area (Å²) in [7, 11) is -3.32. The van der Waals surface area contributed by atoms with Gasteiger partial charge < -0.3 is 14.8 Å². The third kappa shape index (κ3) is 6.25. The zero-order valence-corrected chi connectivity index (χ0v) is 17.8. The first-order valence-electron chi connectivity index (χ1n) is 8.16. The zero-order chi connectivity index (χ0) is 21.0. The lowest BCUT2D eigenvalue weighted by Crippen LogP contribution is -2.55. The Balaban J connectivity index is 3.09. The number of hydrogen-bond donors (Lipinski definition) is 1. The fourth-order valence-corrected chi connectivity index (χ4v) is 4.15. The molecule has 2 amide bonds. The van der Waals surface area contributed by atoms with E-state index < -0.39 is 52.1 Å². The van der Waals surface area contributed by atoms with Gasteiger partial charge in [-0.15, -0.1) is 0 Å². The quantitative estimate of drug-likeness (QED) is 0.609. The van der Waals surface area contributed by atoms with Gasteiger partial charge in [0.05, 0.1) is 7.11 Å². The summed E-state index contributed by atoms with van der Waals surface area (Å²) in [6.45, 7) is 6.01. The van der Waals surface area contributed by atoms with E-state index in [1.54, 1.807) is 20.8 Å². The zero-order valence-electron chi connectivity index (χ0n) is 16.2. The monoisotopic (exact) mass is 426 g/mol. The van der Waals surface area contributed by atoms with E-state index >= 15 is 0 Å². The second kappa shape index (κ2) is 9.11. The molecule has 156 valence electrons. The van der Waals surface area contributed by atoms with Crippen LogP contribution in [-0.2, 0) is 33.6 Å². The van der Waals surface area contributed by atoms with E-state index in [4.69, 9.17) is 8.92 Å². The molecule has 1 heterocycles. The van der Waals surface area contributed by atoms with Gasteiger partial charge >= 0.3 is 22.4 Å². The third-order valence-electron chi connectivity index (χ3n) is 3.47. The number of rotatable bonds is 6. The summed E-state index contributed by atoms with van der Waals surface area (Å²) >= 11 is 1.47. The SMILES string of the molecule is COC(=O)[C@H](CCSC)NC(=O)[C@@H]1[C@@H](C)OS(=O)(=O)N1C(=O)OC(C)(C)C. The van der Waals surface area contributed by atoms with Crippen molar-refractivity contribution in [3.63, 3.8) is 0 Å². The number of amides is 2. The maximum Gasteiger partial charge on any atom is 0.426 e. The summed E-state index contributed by atoms with van der Waals surface area (Å²) in [4.78, 5) is 36.9. The van der Waals surface area contributed by atoms with Gasteiger partial charge in [-0.05, 0) is 46.1 Å². The van der Waals surface area contributed by atoms with Crippen molar-refractivity contribution >= 4 is 40.0 Å². The topological polar surface area (TPSA) is 128 Å². The van der Waals surface area contributed by atoms with Crippen molar-refractivity contribution in [2.45, 2.75) is 57.9 Å². The highest BCUT2D eigenvalue weighted by Gasteiger charge is 2.53. The average molecular weight is 427 g/mol. The first-order chi connectivity index (χ1) is 12.3. The fraction of sp³-hybridized carbons (Fsp3) is 0.800. The Morgan fingerprint density at radius 3 is 2.37 bits per heavy atom. The van der Waals surface area contributed by atoms with E-state index in [0.29, 0.717) is 5.75 Å². The minimum absolute atomic E-state index is 0.265. The standard InChI is InChI=1S/C15H26N2O8S2/c1-9-11(12(18)16-10(7-8-26-6)13(19)23-5)17(27(21,22)25-9)14(20)24-15(2,3)4/h9-11H,7-8H2,1-6H3,(H,16,18)/t9-,10+,11+/m1/s1. The van der Waals surface area contributed by atoms with Gasteiger partial charge in [-0.2, -0.15) is 24.5 Å². The highest BCUT2D eigenvalue weighted by atomic mass is 32.2. The van der Waals surface area contributed by atoms with Crippen molar-refractivity contribution in [3.8, 4) is 0 Å². The largest absolute Gasteiger partial charge is 0.467 e. The molecule has 1 fully saturated rings. The molecule has 0 aliphatic carbocycles. The first kappa shape index (κ1) is 23.5. The lowest BCUT2D eigenvalue weighted by Gasteiger charge is -2.27. The predicted octanol–water partition coefficient (Wildman–Crippen LogP) is 0.667. The van der Waals surface area contributed by atoms with Crippen LogP contribution in [0, 0.1) is 0 Å². The van der Waals surface area contributed by atoms with Gasteiger partial charge in [0.25, 0.3) is 0 Å². The second-order valence-electron chi connectivity index (χ2n) is 6.85. The number of hydrogen-bond acceptors (Lipinski definition) is 9. The molecule has 1 saturated heterocycles. The highest BCUT2D eigenvalue weighted by Crippen LogP contribution is 2.27. The molecule has 1 aliphatic heterocycles. The van der Waals surface area contributed by atoms with Gasteiger partial charge in [0.1, 0.15) is 17.7 Å². The molecule has 0 aromatic heterocycles. The number of nitrogens with one attached hydrogen (secondary N) is 1. The number of carbonyl (C=O) groups is 3. The second-order valence-corrected chi connectivity index (χ2v) is 9.27. The summed E-state index contributed by atoms with van der Waals surface area (Å²) in [5, 5.41) is 2.44. The number of thioether (sulfide) groups is 1. The van der Waals surface area contributed by atoms with Crippen LogP contribution in [0.15, 0.2) is 0 Å². The van der Waals surface area contributed by atoms with Crippen LogP contribution < -0.4 is 5.32 Å². The third-order valence-corrected chi connectivity index (χ3v) is 5.52. The van der Waals surface area contributed by atoms with Gasteiger partial charge in [-0.1, -0.05) is 0 Å². The molecule has 10 nitrogen and oxygen atoms in total. The maximum atomic E-state index is 12.7. The highest BCUT2D eigenvalue weighted by molar-refractivity contribution is 7.98. The molecule has 1 N–H and O–H groups in total. The Morgan fingerprint density at radius 1 is 1.30 bits per heavy atom. The molecule has 12 heteroatoms. The molecule has 0 spiro atoms. The van der Waals surface area contributed by atoms with Gasteiger partial charge in [0.2, 0.25) is 5.91 Å². The smallest absolute Gasteiger partial charge is 0.426 e. The Bertz CT molecular complexity index is 674. The average Bonchev–Trinajstić information content (AvgIpc) is 2.77. The number of nitrogens with zero attached hydrogens (tertiary/aromatic N) is 1. The van der Waals surface area contributed by atoms with Crippen molar-refractivity contribution in [1.82, 2.24) is 9.62 Å². The van der Waals surface area contributed by atoms with Crippen molar-refractivity contribution in [2.24, 2.45) is 0 Å². The van der Waals surface area contributed by atoms with Crippen LogP contribution in [0.25, 0.3) is 0 Å². The molecule has 1 aliphatic rings. The van der Waals surface area contributed by atoms with Gasteiger partial charge in [0.15, 0.2) is 6.04 Å². The Kier molecular flexibility index (Phi) is 7.93. The van der Waals surface area contributed by atoms with Gasteiger partial charge in [-0.3, -0.25) is 4.79 Å². The van der Waals surface area contributed by atoms with Crippen LogP contribution in [0.2, 0.25) is 0 Å². The van der Waals surface area contributed by atoms with Crippen molar-refractivity contribution in [3.05, 3.63) is 0 Å². The van der Waals surface area contributed by atoms with Crippen LogP contribution in [0.4, 0.5) is 4.79 Å². The van der Waals surface area contributed by atoms with Crippen LogP contribution in [0.1, 0.15) is 34.1 Å². The molecule has 1 rings (SSSR count). The van der Waals surface area contributed by atoms with Crippen molar-refractivity contribution in [2.75, 3.05) is 19.1 Å². The predicted molar refractivity (Wildman–Crippen MR) is 98.3 cm³/mol. The number of esters is 1. The van der Waals surface area contributed by atoms with Crippen LogP contribution in [-0.4, -0.2) is 73.6 Å². The molecule has 0 aromatic carbocycles. The van der Waals surface area contributed by atoms with E-state index in [1.807, 2.05) is 6.26 Å². The molecule has 3 atom stereocenters. The molecular formula is C15H26N2O8S2. The Labute approximate surface area is 163 Å². The molecular weight excluding hydrogens is 400 g/mol. The normalized spacial score (nSPS) is 22.8. The summed E-state index contributed by atoms with van der Waals surface area (Å²) in [5.41, 5.74) is -0.980. The molecule has 0 bridgehead atoms. The van der Waals surface area contributed by atoms with Gasteiger partial charge in [0, 0.05) is 0 Å². The van der Waals surface area contributed by atoms with E-state index in [2.05, 4.69) is 10.1 Å². The lowest BCUT2D eigenvalue weighted by molar-refractivity contribution is -0.145. The molecule has 0 saturated carbocycles. The Hall–Kier alpha value is -1.53. The summed E-state index contributed by atoms with van der Waals surface area (Å²) < 4.78 is 39.2. The molecule has 0 unspecified atom stereocenters. The molecule has 0 aromatic rings. The minimum Gasteiger partial charge on any atom is -0.467 e. The van der Waals surface area contributed by atoms with Crippen LogP contribution in [0.3, 0.4) is 0 Å². The van der Waals surface area contributed by atoms with Crippen LogP contribution in [0.5, 0.6) is 0 Å². The first-order valence-corrected chi connectivity index (χ1v) is 10.9. The van der Waals surface area contributed by atoms with Crippen molar-refractivity contribution < 1.29 is 36.5 Å². The summed E-state index contributed by atoms with van der Waals surface area (Å²) in [6, 6.07) is -2.49.